The zero-order chi connectivity index (χ0) is 17.3. The molecule has 24 heavy (non-hydrogen) atoms. The van der Waals surface area contributed by atoms with Gasteiger partial charge in [0.05, 0.1) is 29.2 Å². The van der Waals surface area contributed by atoms with Crippen molar-refractivity contribution in [2.24, 2.45) is 0 Å². The topological polar surface area (TPSA) is 87.6 Å². The molecule has 0 bridgehead atoms. The van der Waals surface area contributed by atoms with Crippen molar-refractivity contribution in [2.75, 3.05) is 12.8 Å². The largest absolute Gasteiger partial charge is 0.478 e. The van der Waals surface area contributed by atoms with Crippen LogP contribution in [0.15, 0.2) is 42.5 Å². The van der Waals surface area contributed by atoms with Crippen LogP contribution in [0.3, 0.4) is 0 Å². The molecule has 0 spiro atoms. The molecule has 0 radical (unpaired) electrons. The quantitative estimate of drug-likeness (QED) is 0.919. The maximum absolute atomic E-state index is 11.9. The Morgan fingerprint density at radius 1 is 1.25 bits per heavy atom. The Morgan fingerprint density at radius 2 is 2.00 bits per heavy atom. The van der Waals surface area contributed by atoms with E-state index in [2.05, 4.69) is 4.98 Å². The van der Waals surface area contributed by atoms with Crippen LogP contribution >= 0.6 is 0 Å². The van der Waals surface area contributed by atoms with Crippen LogP contribution in [-0.2, 0) is 10.0 Å². The smallest absolute Gasteiger partial charge is 0.335 e. The van der Waals surface area contributed by atoms with Crippen molar-refractivity contribution in [3.63, 3.8) is 0 Å². The monoisotopic (exact) mass is 346 g/mol. The Balaban J connectivity index is 1.98. The molecular weight excluding hydrogens is 328 g/mol. The lowest BCUT2D eigenvalue weighted by Gasteiger charge is -2.22. The first-order chi connectivity index (χ1) is 11.4. The fourth-order valence-corrected chi connectivity index (χ4v) is 4.18. The SMILES string of the molecule is CS(=O)(=O)N1CCC[C@H]1c1cccc(-c2cccc(C(=O)O)c2)n1. The molecule has 1 saturated heterocycles. The summed E-state index contributed by atoms with van der Waals surface area (Å²) in [7, 11) is -3.28. The molecule has 1 aromatic carbocycles. The van der Waals surface area contributed by atoms with Crippen molar-refractivity contribution in [2.45, 2.75) is 18.9 Å². The molecule has 7 heteroatoms. The molecule has 0 aliphatic carbocycles. The van der Waals surface area contributed by atoms with E-state index in [1.54, 1.807) is 24.3 Å². The van der Waals surface area contributed by atoms with Gasteiger partial charge in [0.2, 0.25) is 10.0 Å². The van der Waals surface area contributed by atoms with E-state index in [0.29, 0.717) is 23.5 Å². The second kappa shape index (κ2) is 6.33. The van der Waals surface area contributed by atoms with Gasteiger partial charge >= 0.3 is 5.97 Å². The van der Waals surface area contributed by atoms with E-state index < -0.39 is 16.0 Å². The third-order valence-corrected chi connectivity index (χ3v) is 5.44. The molecule has 2 heterocycles. The zero-order valence-electron chi connectivity index (χ0n) is 13.2. The predicted octanol–water partition coefficient (Wildman–Crippen LogP) is 2.54. The lowest BCUT2D eigenvalue weighted by atomic mass is 10.1. The highest BCUT2D eigenvalue weighted by Crippen LogP contribution is 2.33. The number of carboxylic acid groups (broad SMARTS) is 1. The molecule has 1 atom stereocenters. The lowest BCUT2D eigenvalue weighted by Crippen LogP contribution is -2.29. The summed E-state index contributed by atoms with van der Waals surface area (Å²) in [4.78, 5) is 15.7. The number of benzene rings is 1. The summed E-state index contributed by atoms with van der Waals surface area (Å²) in [6, 6.07) is 11.7. The first kappa shape index (κ1) is 16.6. The summed E-state index contributed by atoms with van der Waals surface area (Å²) in [6.07, 6.45) is 2.75. The second-order valence-corrected chi connectivity index (χ2v) is 7.80. The van der Waals surface area contributed by atoms with Gasteiger partial charge in [-0.1, -0.05) is 18.2 Å². The standard InChI is InChI=1S/C17H18N2O4S/c1-24(22,23)19-10-4-9-16(19)15-8-3-7-14(18-15)12-5-2-6-13(11-12)17(20)21/h2-3,5-8,11,16H,4,9-10H2,1H3,(H,20,21)/t16-/m0/s1. The van der Waals surface area contributed by atoms with Crippen LogP contribution in [0.2, 0.25) is 0 Å². The molecule has 1 aliphatic rings. The molecule has 0 saturated carbocycles. The molecule has 1 N–H and O–H groups in total. The number of aromatic nitrogens is 1. The number of carboxylic acids is 1. The first-order valence-electron chi connectivity index (χ1n) is 7.64. The Hall–Kier alpha value is -2.25. The number of carbonyl (C=O) groups is 1. The number of aromatic carboxylic acids is 1. The number of hydrogen-bond donors (Lipinski definition) is 1. The van der Waals surface area contributed by atoms with Crippen LogP contribution in [0.4, 0.5) is 0 Å². The van der Waals surface area contributed by atoms with E-state index in [1.165, 1.54) is 16.6 Å². The zero-order valence-corrected chi connectivity index (χ0v) is 14.0. The molecular formula is C17H18N2O4S. The van der Waals surface area contributed by atoms with Gasteiger partial charge in [0.25, 0.3) is 0 Å². The molecule has 1 aliphatic heterocycles. The van der Waals surface area contributed by atoms with Crippen molar-refractivity contribution < 1.29 is 18.3 Å². The van der Waals surface area contributed by atoms with E-state index in [9.17, 15) is 13.2 Å². The van der Waals surface area contributed by atoms with E-state index in [0.717, 1.165) is 12.8 Å². The van der Waals surface area contributed by atoms with Crippen LogP contribution in [0.1, 0.15) is 34.9 Å². The normalized spacial score (nSPS) is 18.6. The van der Waals surface area contributed by atoms with E-state index >= 15 is 0 Å². The fraction of sp³-hybridized carbons (Fsp3) is 0.294. The van der Waals surface area contributed by atoms with Crippen LogP contribution in [0.5, 0.6) is 0 Å². The Labute approximate surface area is 140 Å². The van der Waals surface area contributed by atoms with Gasteiger partial charge in [-0.25, -0.2) is 13.2 Å². The summed E-state index contributed by atoms with van der Waals surface area (Å²) in [5.41, 5.74) is 2.21. The summed E-state index contributed by atoms with van der Waals surface area (Å²) in [6.45, 7) is 0.504. The molecule has 1 aromatic heterocycles. The Kier molecular flexibility index (Phi) is 4.38. The molecule has 0 amide bonds. The number of pyridine rings is 1. The van der Waals surface area contributed by atoms with Gasteiger partial charge in [0.15, 0.2) is 0 Å². The maximum atomic E-state index is 11.9. The molecule has 1 fully saturated rings. The second-order valence-electron chi connectivity index (χ2n) is 5.87. The Morgan fingerprint density at radius 3 is 2.71 bits per heavy atom. The average molecular weight is 346 g/mol. The van der Waals surface area contributed by atoms with Gasteiger partial charge in [-0.05, 0) is 37.1 Å². The van der Waals surface area contributed by atoms with E-state index in [1.807, 2.05) is 12.1 Å². The van der Waals surface area contributed by atoms with Gasteiger partial charge in [-0.15, -0.1) is 0 Å². The van der Waals surface area contributed by atoms with Crippen molar-refractivity contribution in [3.05, 3.63) is 53.7 Å². The fourth-order valence-electron chi connectivity index (χ4n) is 3.04. The lowest BCUT2D eigenvalue weighted by molar-refractivity contribution is 0.0697. The van der Waals surface area contributed by atoms with Gasteiger partial charge < -0.3 is 5.11 Å². The average Bonchev–Trinajstić information content (AvgIpc) is 3.05. The molecule has 0 unspecified atom stereocenters. The summed E-state index contributed by atoms with van der Waals surface area (Å²) in [5, 5.41) is 9.11. The number of sulfonamides is 1. The van der Waals surface area contributed by atoms with E-state index in [4.69, 9.17) is 5.11 Å². The molecule has 2 aromatic rings. The van der Waals surface area contributed by atoms with Crippen molar-refractivity contribution >= 4 is 16.0 Å². The van der Waals surface area contributed by atoms with Gasteiger partial charge in [-0.3, -0.25) is 4.98 Å². The molecule has 3 rings (SSSR count). The maximum Gasteiger partial charge on any atom is 0.335 e. The minimum absolute atomic E-state index is 0.193. The first-order valence-corrected chi connectivity index (χ1v) is 9.48. The van der Waals surface area contributed by atoms with Crippen molar-refractivity contribution in [1.29, 1.82) is 0 Å². The number of nitrogens with zero attached hydrogens (tertiary/aromatic N) is 2. The van der Waals surface area contributed by atoms with Crippen LogP contribution in [0, 0.1) is 0 Å². The van der Waals surface area contributed by atoms with Crippen molar-refractivity contribution in [1.82, 2.24) is 9.29 Å². The summed E-state index contributed by atoms with van der Waals surface area (Å²) < 4.78 is 25.3. The molecule has 6 nitrogen and oxygen atoms in total. The predicted molar refractivity (Wildman–Crippen MR) is 90.2 cm³/mol. The number of rotatable bonds is 4. The third kappa shape index (κ3) is 3.32. The van der Waals surface area contributed by atoms with Gasteiger partial charge in [-0.2, -0.15) is 4.31 Å². The van der Waals surface area contributed by atoms with Gasteiger partial charge in [0, 0.05) is 12.1 Å². The summed E-state index contributed by atoms with van der Waals surface area (Å²) in [5.74, 6) is -0.993. The van der Waals surface area contributed by atoms with Crippen molar-refractivity contribution in [3.8, 4) is 11.3 Å². The highest BCUT2D eigenvalue weighted by molar-refractivity contribution is 7.88. The van der Waals surface area contributed by atoms with Crippen LogP contribution < -0.4 is 0 Å². The highest BCUT2D eigenvalue weighted by atomic mass is 32.2. The molecule has 126 valence electrons. The van der Waals surface area contributed by atoms with Gasteiger partial charge in [0.1, 0.15) is 0 Å². The Bertz CT molecular complexity index is 880. The van der Waals surface area contributed by atoms with Crippen LogP contribution in [-0.4, -0.2) is 41.6 Å². The third-order valence-electron chi connectivity index (χ3n) is 4.15. The minimum atomic E-state index is -3.28. The number of hydrogen-bond acceptors (Lipinski definition) is 4. The summed E-state index contributed by atoms with van der Waals surface area (Å²) >= 11 is 0. The van der Waals surface area contributed by atoms with Crippen LogP contribution in [0.25, 0.3) is 11.3 Å². The minimum Gasteiger partial charge on any atom is -0.478 e. The van der Waals surface area contributed by atoms with E-state index in [-0.39, 0.29) is 11.6 Å². The highest BCUT2D eigenvalue weighted by Gasteiger charge is 2.33.